The van der Waals surface area contributed by atoms with Gasteiger partial charge in [-0.2, -0.15) is 0 Å². The van der Waals surface area contributed by atoms with E-state index in [1.54, 1.807) is 6.20 Å². The monoisotopic (exact) mass is 291 g/mol. The Labute approximate surface area is 109 Å². The first-order valence-electron chi connectivity index (χ1n) is 5.36. The number of pyridine rings is 1. The van der Waals surface area contributed by atoms with Crippen LogP contribution in [0.15, 0.2) is 41.0 Å². The van der Waals surface area contributed by atoms with Gasteiger partial charge < -0.3 is 10.6 Å². The molecule has 0 fully saturated rings. The van der Waals surface area contributed by atoms with Crippen molar-refractivity contribution in [3.63, 3.8) is 0 Å². The number of benzene rings is 1. The summed E-state index contributed by atoms with van der Waals surface area (Å²) in [4.78, 5) is 4.17. The summed E-state index contributed by atoms with van der Waals surface area (Å²) >= 11 is 3.52. The molecule has 88 valence electrons. The minimum atomic E-state index is 0.848. The first-order chi connectivity index (χ1) is 8.19. The quantitative estimate of drug-likeness (QED) is 0.899. The van der Waals surface area contributed by atoms with Crippen LogP contribution in [-0.4, -0.2) is 12.0 Å². The Bertz CT molecular complexity index is 526. The molecule has 1 heterocycles. The molecule has 4 heteroatoms. The van der Waals surface area contributed by atoms with Crippen molar-refractivity contribution in [2.24, 2.45) is 0 Å². The van der Waals surface area contributed by atoms with E-state index in [1.807, 2.05) is 19.2 Å². The summed E-state index contributed by atoms with van der Waals surface area (Å²) < 4.78 is 1.10. The molecule has 2 aromatic rings. The van der Waals surface area contributed by atoms with Gasteiger partial charge in [0.1, 0.15) is 5.82 Å². The van der Waals surface area contributed by atoms with Crippen LogP contribution in [0.1, 0.15) is 5.56 Å². The number of rotatable bonds is 3. The third-order valence-corrected chi connectivity index (χ3v) is 3.33. The van der Waals surface area contributed by atoms with E-state index in [-0.39, 0.29) is 0 Å². The number of nitrogens with one attached hydrogen (secondary N) is 2. The van der Waals surface area contributed by atoms with Gasteiger partial charge in [-0.05, 0) is 30.7 Å². The highest BCUT2D eigenvalue weighted by atomic mass is 79.9. The lowest BCUT2D eigenvalue weighted by atomic mass is 10.2. The van der Waals surface area contributed by atoms with E-state index in [9.17, 15) is 0 Å². The van der Waals surface area contributed by atoms with E-state index < -0.39 is 0 Å². The number of hydrogen-bond donors (Lipinski definition) is 2. The zero-order valence-corrected chi connectivity index (χ0v) is 11.4. The number of aryl methyl sites for hydroxylation is 1. The molecule has 0 aliphatic heterocycles. The number of halogens is 1. The molecule has 0 saturated carbocycles. The van der Waals surface area contributed by atoms with E-state index >= 15 is 0 Å². The molecule has 17 heavy (non-hydrogen) atoms. The maximum Gasteiger partial charge on any atom is 0.127 e. The molecule has 0 spiro atoms. The maximum atomic E-state index is 4.17. The molecule has 1 aromatic carbocycles. The van der Waals surface area contributed by atoms with Crippen LogP contribution in [0.3, 0.4) is 0 Å². The van der Waals surface area contributed by atoms with Gasteiger partial charge in [-0.3, -0.25) is 0 Å². The topological polar surface area (TPSA) is 37.0 Å². The second-order valence-corrected chi connectivity index (χ2v) is 4.62. The number of anilines is 3. The number of nitrogens with zero attached hydrogens (tertiary/aromatic N) is 1. The lowest BCUT2D eigenvalue weighted by molar-refractivity contribution is 1.28. The third kappa shape index (κ3) is 2.97. The van der Waals surface area contributed by atoms with Gasteiger partial charge in [-0.15, -0.1) is 0 Å². The average Bonchev–Trinajstić information content (AvgIpc) is 2.34. The SMILES string of the molecule is CNc1cc(Nc2ccc(C)c(Br)c2)ccn1. The van der Waals surface area contributed by atoms with Crippen LogP contribution in [-0.2, 0) is 0 Å². The molecule has 0 aliphatic rings. The Balaban J connectivity index is 2.22. The molecule has 0 amide bonds. The lowest BCUT2D eigenvalue weighted by Gasteiger charge is -2.09. The number of aromatic nitrogens is 1. The van der Waals surface area contributed by atoms with Gasteiger partial charge in [0.05, 0.1) is 0 Å². The van der Waals surface area contributed by atoms with Gasteiger partial charge in [0, 0.05) is 35.2 Å². The standard InChI is InChI=1S/C13H14BrN3/c1-9-3-4-10(7-12(9)14)17-11-5-6-16-13(8-11)15-2/h3-8H,1-2H3,(H2,15,16,17). The summed E-state index contributed by atoms with van der Waals surface area (Å²) in [7, 11) is 1.86. The smallest absolute Gasteiger partial charge is 0.127 e. The van der Waals surface area contributed by atoms with Gasteiger partial charge >= 0.3 is 0 Å². The molecule has 0 atom stereocenters. The maximum absolute atomic E-state index is 4.17. The Morgan fingerprint density at radius 3 is 2.59 bits per heavy atom. The van der Waals surface area contributed by atoms with Crippen LogP contribution in [0, 0.1) is 6.92 Å². The van der Waals surface area contributed by atoms with Crippen molar-refractivity contribution in [2.75, 3.05) is 17.7 Å². The molecule has 0 radical (unpaired) electrons. The Hall–Kier alpha value is -1.55. The first-order valence-corrected chi connectivity index (χ1v) is 6.15. The van der Waals surface area contributed by atoms with E-state index in [0.29, 0.717) is 0 Å². The fourth-order valence-electron chi connectivity index (χ4n) is 1.48. The van der Waals surface area contributed by atoms with Gasteiger partial charge in [0.25, 0.3) is 0 Å². The van der Waals surface area contributed by atoms with Crippen LogP contribution in [0.5, 0.6) is 0 Å². The Morgan fingerprint density at radius 2 is 1.88 bits per heavy atom. The van der Waals surface area contributed by atoms with Gasteiger partial charge in [0.2, 0.25) is 0 Å². The van der Waals surface area contributed by atoms with Crippen molar-refractivity contribution in [3.05, 3.63) is 46.6 Å². The van der Waals surface area contributed by atoms with E-state index in [0.717, 1.165) is 21.7 Å². The average molecular weight is 292 g/mol. The molecular weight excluding hydrogens is 278 g/mol. The molecule has 0 bridgehead atoms. The van der Waals surface area contributed by atoms with Crippen LogP contribution < -0.4 is 10.6 Å². The van der Waals surface area contributed by atoms with Crippen LogP contribution in [0.4, 0.5) is 17.2 Å². The van der Waals surface area contributed by atoms with Crippen molar-refractivity contribution in [1.29, 1.82) is 0 Å². The summed E-state index contributed by atoms with van der Waals surface area (Å²) in [6, 6.07) is 10.1. The largest absolute Gasteiger partial charge is 0.373 e. The van der Waals surface area contributed by atoms with E-state index in [1.165, 1.54) is 5.56 Å². The summed E-state index contributed by atoms with van der Waals surface area (Å²) in [5.74, 6) is 0.848. The van der Waals surface area contributed by atoms with Crippen molar-refractivity contribution < 1.29 is 0 Å². The van der Waals surface area contributed by atoms with Crippen molar-refractivity contribution in [3.8, 4) is 0 Å². The highest BCUT2D eigenvalue weighted by Gasteiger charge is 1.99. The second-order valence-electron chi connectivity index (χ2n) is 3.77. The second kappa shape index (κ2) is 5.19. The van der Waals surface area contributed by atoms with Crippen LogP contribution in [0.25, 0.3) is 0 Å². The Kier molecular flexibility index (Phi) is 3.64. The fourth-order valence-corrected chi connectivity index (χ4v) is 1.86. The molecule has 0 unspecified atom stereocenters. The van der Waals surface area contributed by atoms with Gasteiger partial charge in [-0.25, -0.2) is 4.98 Å². The molecule has 0 aliphatic carbocycles. The van der Waals surface area contributed by atoms with E-state index in [2.05, 4.69) is 56.7 Å². The molecule has 3 nitrogen and oxygen atoms in total. The van der Waals surface area contributed by atoms with Crippen LogP contribution in [0.2, 0.25) is 0 Å². The van der Waals surface area contributed by atoms with E-state index in [4.69, 9.17) is 0 Å². The predicted octanol–water partition coefficient (Wildman–Crippen LogP) is 3.94. The highest BCUT2D eigenvalue weighted by molar-refractivity contribution is 9.10. The normalized spacial score (nSPS) is 10.1. The lowest BCUT2D eigenvalue weighted by Crippen LogP contribution is -1.95. The minimum Gasteiger partial charge on any atom is -0.373 e. The zero-order chi connectivity index (χ0) is 12.3. The summed E-state index contributed by atoms with van der Waals surface area (Å²) in [6.07, 6.45) is 1.78. The summed E-state index contributed by atoms with van der Waals surface area (Å²) in [5.41, 5.74) is 3.29. The fraction of sp³-hybridized carbons (Fsp3) is 0.154. The number of hydrogen-bond acceptors (Lipinski definition) is 3. The van der Waals surface area contributed by atoms with Crippen molar-refractivity contribution >= 4 is 33.1 Å². The molecular formula is C13H14BrN3. The molecule has 0 saturated heterocycles. The van der Waals surface area contributed by atoms with Gasteiger partial charge in [-0.1, -0.05) is 22.0 Å². The summed E-state index contributed by atoms with van der Waals surface area (Å²) in [5, 5.41) is 6.35. The summed E-state index contributed by atoms with van der Waals surface area (Å²) in [6.45, 7) is 2.07. The van der Waals surface area contributed by atoms with Crippen molar-refractivity contribution in [1.82, 2.24) is 4.98 Å². The van der Waals surface area contributed by atoms with Crippen LogP contribution >= 0.6 is 15.9 Å². The predicted molar refractivity (Wildman–Crippen MR) is 75.9 cm³/mol. The highest BCUT2D eigenvalue weighted by Crippen LogP contribution is 2.24. The van der Waals surface area contributed by atoms with Gasteiger partial charge in [0.15, 0.2) is 0 Å². The minimum absolute atomic E-state index is 0.848. The molecule has 1 aromatic heterocycles. The Morgan fingerprint density at radius 1 is 1.12 bits per heavy atom. The molecule has 2 N–H and O–H groups in total. The van der Waals surface area contributed by atoms with Crippen molar-refractivity contribution in [2.45, 2.75) is 6.92 Å². The third-order valence-electron chi connectivity index (χ3n) is 2.48. The first kappa shape index (κ1) is 11.9. The molecule has 2 rings (SSSR count). The zero-order valence-electron chi connectivity index (χ0n) is 9.79.